The molecule has 8 nitrogen and oxygen atoms in total. The van der Waals surface area contributed by atoms with Gasteiger partial charge in [0.15, 0.2) is 0 Å². The number of rotatable bonds is 5. The van der Waals surface area contributed by atoms with Crippen LogP contribution >= 0.6 is 0 Å². The number of piperidine rings is 1. The highest BCUT2D eigenvalue weighted by Crippen LogP contribution is 2.34. The van der Waals surface area contributed by atoms with Gasteiger partial charge in [0.25, 0.3) is 5.56 Å². The molecule has 1 aromatic carbocycles. The van der Waals surface area contributed by atoms with Gasteiger partial charge in [0.2, 0.25) is 5.91 Å². The number of carbonyl (C=O) groups is 2. The van der Waals surface area contributed by atoms with E-state index in [1.54, 1.807) is 16.7 Å². The number of aryl methyl sites for hydroxylation is 1. The fourth-order valence-electron chi connectivity index (χ4n) is 4.42. The van der Waals surface area contributed by atoms with E-state index < -0.39 is 5.60 Å². The number of carbonyl (C=O) groups excluding carboxylic acids is 2. The summed E-state index contributed by atoms with van der Waals surface area (Å²) in [7, 11) is 0. The molecule has 30 heavy (non-hydrogen) atoms. The van der Waals surface area contributed by atoms with Gasteiger partial charge in [-0.1, -0.05) is 37.3 Å². The van der Waals surface area contributed by atoms with E-state index in [-0.39, 0.29) is 29.9 Å². The monoisotopic (exact) mass is 412 g/mol. The summed E-state index contributed by atoms with van der Waals surface area (Å²) in [6.07, 6.45) is 1.04. The van der Waals surface area contributed by atoms with Crippen molar-refractivity contribution in [2.45, 2.75) is 44.6 Å². The Morgan fingerprint density at radius 1 is 1.17 bits per heavy atom. The molecular formula is C22H28N4O4. The van der Waals surface area contributed by atoms with Gasteiger partial charge in [-0.3, -0.25) is 14.7 Å². The van der Waals surface area contributed by atoms with Gasteiger partial charge in [-0.25, -0.2) is 4.79 Å². The largest absolute Gasteiger partial charge is 0.441 e. The minimum absolute atomic E-state index is 0.0723. The SMILES string of the molecule is Cc1[nH][nH]c(=O)c1CC(=O)N1CCC2(CC1)CN(C[C@H](C)c1ccccc1)C(=O)O2. The van der Waals surface area contributed by atoms with Crippen LogP contribution in [-0.2, 0) is 16.0 Å². The van der Waals surface area contributed by atoms with Crippen LogP contribution in [0.2, 0.25) is 0 Å². The van der Waals surface area contributed by atoms with Crippen LogP contribution in [0.1, 0.15) is 42.5 Å². The Morgan fingerprint density at radius 2 is 1.87 bits per heavy atom. The standard InChI is InChI=1S/C22H28N4O4/c1-15(17-6-4-3-5-7-17)13-26-14-22(30-21(26)29)8-10-25(11-9-22)19(27)12-18-16(2)23-24-20(18)28/h3-7,15H,8-14H2,1-2H3,(H2,23,24,28)/t15-/m0/s1. The molecule has 2 aliphatic heterocycles. The molecule has 0 saturated carbocycles. The van der Waals surface area contributed by atoms with Crippen molar-refractivity contribution in [3.63, 3.8) is 0 Å². The first-order valence-electron chi connectivity index (χ1n) is 10.4. The molecule has 4 rings (SSSR count). The van der Waals surface area contributed by atoms with Gasteiger partial charge in [-0.05, 0) is 18.4 Å². The molecule has 1 atom stereocenters. The van der Waals surface area contributed by atoms with Crippen molar-refractivity contribution in [1.29, 1.82) is 0 Å². The predicted octanol–water partition coefficient (Wildman–Crippen LogP) is 2.17. The highest BCUT2D eigenvalue weighted by molar-refractivity contribution is 5.79. The third-order valence-corrected chi connectivity index (χ3v) is 6.35. The number of hydrogen-bond acceptors (Lipinski definition) is 4. The summed E-state index contributed by atoms with van der Waals surface area (Å²) in [6, 6.07) is 10.1. The molecule has 0 aliphatic carbocycles. The average molecular weight is 412 g/mol. The molecule has 3 heterocycles. The zero-order chi connectivity index (χ0) is 21.3. The fourth-order valence-corrected chi connectivity index (χ4v) is 4.42. The molecule has 1 aromatic heterocycles. The molecule has 1 spiro atoms. The number of nitrogens with zero attached hydrogens (tertiary/aromatic N) is 2. The van der Waals surface area contributed by atoms with E-state index in [1.807, 2.05) is 18.2 Å². The van der Waals surface area contributed by atoms with Crippen LogP contribution in [0.4, 0.5) is 4.79 Å². The summed E-state index contributed by atoms with van der Waals surface area (Å²) < 4.78 is 5.80. The molecule has 0 unspecified atom stereocenters. The number of nitrogens with one attached hydrogen (secondary N) is 2. The number of likely N-dealkylation sites (tertiary alicyclic amines) is 1. The Kier molecular flexibility index (Phi) is 5.40. The Bertz CT molecular complexity index is 973. The van der Waals surface area contributed by atoms with Gasteiger partial charge >= 0.3 is 6.09 Å². The van der Waals surface area contributed by atoms with Crippen LogP contribution in [0.5, 0.6) is 0 Å². The van der Waals surface area contributed by atoms with Crippen molar-refractivity contribution in [2.75, 3.05) is 26.2 Å². The number of aromatic nitrogens is 2. The molecule has 2 saturated heterocycles. The molecule has 0 radical (unpaired) electrons. The summed E-state index contributed by atoms with van der Waals surface area (Å²) in [5.41, 5.74) is 1.60. The topological polar surface area (TPSA) is 98.5 Å². The van der Waals surface area contributed by atoms with Crippen LogP contribution in [0.15, 0.2) is 35.1 Å². The number of ether oxygens (including phenoxy) is 1. The quantitative estimate of drug-likeness (QED) is 0.786. The minimum Gasteiger partial charge on any atom is -0.441 e. The number of aromatic amines is 2. The smallest absolute Gasteiger partial charge is 0.410 e. The lowest BCUT2D eigenvalue weighted by molar-refractivity contribution is -0.133. The van der Waals surface area contributed by atoms with E-state index in [0.717, 1.165) is 0 Å². The van der Waals surface area contributed by atoms with Crippen LogP contribution in [0, 0.1) is 6.92 Å². The van der Waals surface area contributed by atoms with E-state index in [2.05, 4.69) is 29.3 Å². The Hall–Kier alpha value is -3.03. The second-order valence-corrected chi connectivity index (χ2v) is 8.48. The normalized spacial score (nSPS) is 19.2. The summed E-state index contributed by atoms with van der Waals surface area (Å²) in [5.74, 6) is 0.148. The maximum atomic E-state index is 12.6. The van der Waals surface area contributed by atoms with Gasteiger partial charge in [-0.2, -0.15) is 0 Å². The Labute approximate surface area is 175 Å². The molecular weight excluding hydrogens is 384 g/mol. The second kappa shape index (κ2) is 8.01. The minimum atomic E-state index is -0.522. The predicted molar refractivity (Wildman–Crippen MR) is 111 cm³/mol. The third kappa shape index (κ3) is 3.99. The Morgan fingerprint density at radius 3 is 2.50 bits per heavy atom. The molecule has 0 bridgehead atoms. The van der Waals surface area contributed by atoms with Crippen molar-refractivity contribution in [1.82, 2.24) is 20.0 Å². The number of benzene rings is 1. The number of amides is 2. The van der Waals surface area contributed by atoms with Crippen molar-refractivity contribution in [3.8, 4) is 0 Å². The van der Waals surface area contributed by atoms with E-state index in [9.17, 15) is 14.4 Å². The molecule has 2 amide bonds. The summed E-state index contributed by atoms with van der Waals surface area (Å²) in [5, 5.41) is 5.26. The van der Waals surface area contributed by atoms with Gasteiger partial charge in [0.1, 0.15) is 5.60 Å². The second-order valence-electron chi connectivity index (χ2n) is 8.48. The zero-order valence-electron chi connectivity index (χ0n) is 17.4. The van der Waals surface area contributed by atoms with Crippen LogP contribution < -0.4 is 5.56 Å². The first kappa shape index (κ1) is 20.3. The summed E-state index contributed by atoms with van der Waals surface area (Å²) in [4.78, 5) is 40.5. The van der Waals surface area contributed by atoms with Crippen molar-refractivity contribution >= 4 is 12.0 Å². The first-order valence-corrected chi connectivity index (χ1v) is 10.4. The molecule has 2 fully saturated rings. The first-order chi connectivity index (χ1) is 14.4. The fraction of sp³-hybridized carbons (Fsp3) is 0.500. The highest BCUT2D eigenvalue weighted by Gasteiger charge is 2.47. The van der Waals surface area contributed by atoms with Gasteiger partial charge in [0.05, 0.1) is 13.0 Å². The van der Waals surface area contributed by atoms with E-state index in [0.29, 0.717) is 50.3 Å². The maximum absolute atomic E-state index is 12.6. The van der Waals surface area contributed by atoms with Crippen LogP contribution in [0.25, 0.3) is 0 Å². The summed E-state index contributed by atoms with van der Waals surface area (Å²) in [6.45, 7) is 6.10. The molecule has 2 N–H and O–H groups in total. The Balaban J connectivity index is 1.33. The molecule has 8 heteroatoms. The van der Waals surface area contributed by atoms with Gasteiger partial charge in [0, 0.05) is 43.7 Å². The lowest BCUT2D eigenvalue weighted by Gasteiger charge is -2.37. The van der Waals surface area contributed by atoms with Crippen LogP contribution in [0.3, 0.4) is 0 Å². The summed E-state index contributed by atoms with van der Waals surface area (Å²) >= 11 is 0. The third-order valence-electron chi connectivity index (χ3n) is 6.35. The van der Waals surface area contributed by atoms with E-state index in [1.165, 1.54) is 5.56 Å². The van der Waals surface area contributed by atoms with E-state index in [4.69, 9.17) is 4.74 Å². The van der Waals surface area contributed by atoms with Crippen LogP contribution in [-0.4, -0.2) is 63.8 Å². The molecule has 2 aliphatic rings. The van der Waals surface area contributed by atoms with Crippen molar-refractivity contribution < 1.29 is 14.3 Å². The van der Waals surface area contributed by atoms with E-state index >= 15 is 0 Å². The van der Waals surface area contributed by atoms with Gasteiger partial charge in [-0.15, -0.1) is 0 Å². The maximum Gasteiger partial charge on any atom is 0.410 e. The highest BCUT2D eigenvalue weighted by atomic mass is 16.6. The molecule has 2 aromatic rings. The zero-order valence-corrected chi connectivity index (χ0v) is 17.4. The number of hydrogen-bond donors (Lipinski definition) is 2. The average Bonchev–Trinajstić information content (AvgIpc) is 3.22. The van der Waals surface area contributed by atoms with Crippen molar-refractivity contribution in [3.05, 3.63) is 57.5 Å². The van der Waals surface area contributed by atoms with Gasteiger partial charge < -0.3 is 19.6 Å². The lowest BCUT2D eigenvalue weighted by Crippen LogP contribution is -2.49. The lowest BCUT2D eigenvalue weighted by atomic mass is 9.90. The number of H-pyrrole nitrogens is 2. The van der Waals surface area contributed by atoms with Crippen molar-refractivity contribution in [2.24, 2.45) is 0 Å². The molecule has 160 valence electrons.